The summed E-state index contributed by atoms with van der Waals surface area (Å²) >= 11 is 0. The summed E-state index contributed by atoms with van der Waals surface area (Å²) in [5, 5.41) is 2.12. The van der Waals surface area contributed by atoms with E-state index in [9.17, 15) is 0 Å². The first-order valence-electron chi connectivity index (χ1n) is 32.7. The molecule has 5 heterocycles. The van der Waals surface area contributed by atoms with Gasteiger partial charge in [-0.05, 0) is 118 Å². The average molecular weight is 1960 g/mol. The second-order valence-electron chi connectivity index (χ2n) is 21.4. The molecule has 15 aromatic rings. The van der Waals surface area contributed by atoms with Crippen molar-refractivity contribution in [2.45, 2.75) is 27.7 Å². The Morgan fingerprint density at radius 2 is 0.708 bits per heavy atom. The van der Waals surface area contributed by atoms with Crippen molar-refractivity contribution in [3.63, 3.8) is 0 Å². The number of benzene rings is 10. The van der Waals surface area contributed by atoms with Gasteiger partial charge in [0.1, 0.15) is 0 Å². The fraction of sp³-hybridized carbons (Fsp3) is 0.0460. The molecule has 96 heavy (non-hydrogen) atoms. The average Bonchev–Trinajstić information content (AvgIpc) is 0.767. The molecule has 5 nitrogen and oxygen atoms in total. The molecule has 0 aliphatic carbocycles. The van der Waals surface area contributed by atoms with Crippen molar-refractivity contribution in [2.75, 3.05) is 0 Å². The van der Waals surface area contributed by atoms with Gasteiger partial charge in [-0.25, -0.2) is 0 Å². The molecular formula is C87H66Ir4N5-5. The first-order valence-corrected chi connectivity index (χ1v) is 30.2. The second-order valence-corrected chi connectivity index (χ2v) is 21.4. The zero-order valence-corrected chi connectivity index (χ0v) is 62.4. The van der Waals surface area contributed by atoms with Gasteiger partial charge >= 0.3 is 0 Å². The van der Waals surface area contributed by atoms with Crippen LogP contribution in [-0.2, 0) is 80.4 Å². The number of fused-ring (bicyclic) bond motifs is 1. The van der Waals surface area contributed by atoms with Crippen LogP contribution in [0.1, 0.15) is 29.1 Å². The first-order chi connectivity index (χ1) is 47.4. The van der Waals surface area contributed by atoms with Crippen LogP contribution < -0.4 is 0 Å². The van der Waals surface area contributed by atoms with Crippen LogP contribution in [0.2, 0.25) is 0 Å². The Bertz CT molecular complexity index is 4900. The number of hydrogen-bond donors (Lipinski definition) is 0. The monoisotopic (exact) mass is 1960 g/mol. The topological polar surface area (TPSA) is 64.5 Å². The van der Waals surface area contributed by atoms with Crippen molar-refractivity contribution in [2.24, 2.45) is 0 Å². The van der Waals surface area contributed by atoms with Crippen LogP contribution in [0.4, 0.5) is 0 Å². The molecule has 9 heteroatoms. The number of aromatic nitrogens is 5. The molecule has 0 aliphatic rings. The van der Waals surface area contributed by atoms with Crippen LogP contribution >= 0.6 is 0 Å². The molecule has 5 aromatic heterocycles. The van der Waals surface area contributed by atoms with E-state index in [0.717, 1.165) is 72.6 Å². The molecule has 0 aliphatic heterocycles. The summed E-state index contributed by atoms with van der Waals surface area (Å²) in [4.78, 5) is 22.3. The van der Waals surface area contributed by atoms with Crippen molar-refractivity contribution in [1.82, 2.24) is 24.9 Å². The van der Waals surface area contributed by atoms with Crippen LogP contribution in [0.5, 0.6) is 0 Å². The van der Waals surface area contributed by atoms with Gasteiger partial charge in [-0.2, -0.15) is 0 Å². The van der Waals surface area contributed by atoms with Crippen LogP contribution in [0, 0.1) is 58.0 Å². The zero-order chi connectivity index (χ0) is 67.5. The molecular weight excluding hydrogens is 1880 g/mol. The number of aryl methyl sites for hydroxylation is 4. The third kappa shape index (κ3) is 20.2. The smallest absolute Gasteiger partial charge is 0.0629 e. The predicted octanol–water partition coefficient (Wildman–Crippen LogP) is 21.8. The third-order valence-corrected chi connectivity index (χ3v) is 15.1. The maximum absolute atomic E-state index is 8.19. The molecule has 10 aromatic carbocycles. The Labute approximate surface area is 626 Å². The van der Waals surface area contributed by atoms with E-state index in [2.05, 4.69) is 149 Å². The summed E-state index contributed by atoms with van der Waals surface area (Å²) in [5.74, 6) is 0. The minimum Gasteiger partial charge on any atom is -0.305 e. The first kappa shape index (κ1) is 66.8. The maximum Gasteiger partial charge on any atom is 0.0629 e. The SMILES string of the molecule is Cc1cc(-c2[c-]cccc2)ncc1-c1ccccc1.Cc1cc(-c2[c-]cccc2)ncc1-c1ccccc1.Cc1ccccc1-c1ccnc(-c2[c-]cccc2)c1.[2H]c1c([2H])c([2H])c(-c2cnc(-c3[c-]ccc4ccccc34)cc2C)c([2H])c1[2H].[Ir].[Ir].[Ir].[Ir].[c-]1ccccc1-c1ccccn1. The minimum absolute atomic E-state index is 0. The van der Waals surface area contributed by atoms with E-state index in [-0.39, 0.29) is 110 Å². The molecule has 480 valence electrons. The van der Waals surface area contributed by atoms with Crippen LogP contribution in [0.15, 0.2) is 328 Å². The molecule has 0 saturated heterocycles. The summed E-state index contributed by atoms with van der Waals surface area (Å²) in [5.41, 5.74) is 22.0. The summed E-state index contributed by atoms with van der Waals surface area (Å²) < 4.78 is 39.9. The van der Waals surface area contributed by atoms with Gasteiger partial charge in [0, 0.05) is 128 Å². The molecule has 0 N–H and O–H groups in total. The van der Waals surface area contributed by atoms with E-state index in [1.165, 1.54) is 50.1 Å². The van der Waals surface area contributed by atoms with Gasteiger partial charge in [0.05, 0.1) is 6.85 Å². The van der Waals surface area contributed by atoms with Crippen LogP contribution in [0.25, 0.3) is 112 Å². The van der Waals surface area contributed by atoms with Gasteiger partial charge in [-0.3, -0.25) is 0 Å². The van der Waals surface area contributed by atoms with Gasteiger partial charge < -0.3 is 24.9 Å². The molecule has 0 fully saturated rings. The van der Waals surface area contributed by atoms with Gasteiger partial charge in [0.15, 0.2) is 0 Å². The molecule has 4 radical (unpaired) electrons. The van der Waals surface area contributed by atoms with Crippen molar-refractivity contribution < 1.29 is 87.3 Å². The number of nitrogens with zero attached hydrogens (tertiary/aromatic N) is 5. The molecule has 0 atom stereocenters. The van der Waals surface area contributed by atoms with Crippen LogP contribution in [-0.4, -0.2) is 24.9 Å². The summed E-state index contributed by atoms with van der Waals surface area (Å²) in [6, 6.07) is 103. The molecule has 0 unspecified atom stereocenters. The van der Waals surface area contributed by atoms with Crippen LogP contribution in [0.3, 0.4) is 0 Å². The zero-order valence-electron chi connectivity index (χ0n) is 57.9. The fourth-order valence-corrected chi connectivity index (χ4v) is 10.3. The maximum atomic E-state index is 8.19. The predicted molar refractivity (Wildman–Crippen MR) is 381 cm³/mol. The largest absolute Gasteiger partial charge is 0.305 e. The standard InChI is InChI=1S/C22H16N.3C18H14N.C11H8N.4Ir/c1-16-14-22(23-15-21(16)18-8-3-2-4-9-18)20-13-7-11-17-10-5-6-12-19(17)20;2*1-14-12-18(16-10-6-3-7-11-16)19-13-17(14)15-8-4-2-5-9-15;1-14-7-5-6-10-17(14)16-11-12-19-18(13-16)15-8-3-2-4-9-15;1-2-6-10(7-3-1)11-8-4-5-9-12-11;;;;/h2-12,14-15H,1H3;2*2-10,12-13H,1H3;2-8,10-13H,1H3;1-6,8-9H;;;;/q5*-1;;;;/i2D,3D,4D,8D,9D;;;;;;;;. The van der Waals surface area contributed by atoms with E-state index in [4.69, 9.17) is 6.85 Å². The Balaban J connectivity index is 0.000000179. The van der Waals surface area contributed by atoms with Gasteiger partial charge in [0.25, 0.3) is 0 Å². The Morgan fingerprint density at radius 3 is 1.20 bits per heavy atom. The Morgan fingerprint density at radius 1 is 0.281 bits per heavy atom. The van der Waals surface area contributed by atoms with Gasteiger partial charge in [0.2, 0.25) is 0 Å². The number of pyridine rings is 5. The molecule has 0 amide bonds. The number of hydrogen-bond acceptors (Lipinski definition) is 5. The van der Waals surface area contributed by atoms with E-state index < -0.39 is 6.04 Å². The molecule has 0 bridgehead atoms. The normalized spacial score (nSPS) is 10.7. The summed E-state index contributed by atoms with van der Waals surface area (Å²) in [6.45, 7) is 8.23. The molecule has 15 rings (SSSR count). The number of rotatable bonds is 9. The van der Waals surface area contributed by atoms with Gasteiger partial charge in [-0.1, -0.05) is 181 Å². The summed E-state index contributed by atoms with van der Waals surface area (Å²) in [6.07, 6.45) is 9.12. The second kappa shape index (κ2) is 38.4. The van der Waals surface area contributed by atoms with Crippen molar-refractivity contribution in [1.29, 1.82) is 0 Å². The van der Waals surface area contributed by atoms with E-state index in [1.807, 2.05) is 220 Å². The molecule has 0 spiro atoms. The van der Waals surface area contributed by atoms with Crippen molar-refractivity contribution in [3.8, 4) is 101 Å². The van der Waals surface area contributed by atoms with Crippen molar-refractivity contribution in [3.05, 3.63) is 381 Å². The third-order valence-electron chi connectivity index (χ3n) is 15.1. The van der Waals surface area contributed by atoms with Gasteiger partial charge in [-0.15, -0.1) is 173 Å². The van der Waals surface area contributed by atoms with E-state index >= 15 is 0 Å². The quantitative estimate of drug-likeness (QED) is 0.135. The van der Waals surface area contributed by atoms with E-state index in [1.54, 1.807) is 12.4 Å². The molecule has 0 saturated carbocycles. The summed E-state index contributed by atoms with van der Waals surface area (Å²) in [7, 11) is 0. The van der Waals surface area contributed by atoms with Crippen molar-refractivity contribution >= 4 is 10.8 Å². The minimum atomic E-state index is -0.397. The van der Waals surface area contributed by atoms with E-state index in [0.29, 0.717) is 5.56 Å². The Kier molecular flexibility index (Phi) is 26.7. The Hall–Kier alpha value is -9.19. The fourth-order valence-electron chi connectivity index (χ4n) is 10.3.